The number of sulfone groups is 1. The summed E-state index contributed by atoms with van der Waals surface area (Å²) >= 11 is 12.0. The van der Waals surface area contributed by atoms with E-state index in [4.69, 9.17) is 23.2 Å². The van der Waals surface area contributed by atoms with E-state index in [0.717, 1.165) is 12.8 Å². The van der Waals surface area contributed by atoms with Crippen LogP contribution in [0.25, 0.3) is 0 Å². The Morgan fingerprint density at radius 2 is 1.64 bits per heavy atom. The van der Waals surface area contributed by atoms with Gasteiger partial charge in [0.25, 0.3) is 0 Å². The normalized spacial score (nSPS) is 17.0. The summed E-state index contributed by atoms with van der Waals surface area (Å²) in [5.41, 5.74) is 0.210. The Morgan fingerprint density at radius 3 is 2.18 bits per heavy atom. The molecule has 1 aliphatic heterocycles. The molecule has 0 aliphatic carbocycles. The predicted molar refractivity (Wildman–Crippen MR) is 109 cm³/mol. The Balaban J connectivity index is 1.81. The van der Waals surface area contributed by atoms with Gasteiger partial charge in [0, 0.05) is 19.3 Å². The van der Waals surface area contributed by atoms with Gasteiger partial charge in [-0.3, -0.25) is 4.98 Å². The standard InChI is InChI=1S/C18H20Cl2N2O4S2/c1-13-7-9-22(10-8-13)28(25,26)15-6-5-14(21-11-15)12-27(23,24)18-16(19)3-2-4-17(18)20/h2-6,11,13H,7-10,12H2,1H3. The van der Waals surface area contributed by atoms with E-state index in [9.17, 15) is 16.8 Å². The van der Waals surface area contributed by atoms with Crippen molar-refractivity contribution in [1.82, 2.24) is 9.29 Å². The maximum Gasteiger partial charge on any atom is 0.244 e. The van der Waals surface area contributed by atoms with Crippen molar-refractivity contribution >= 4 is 43.1 Å². The quantitative estimate of drug-likeness (QED) is 0.674. The van der Waals surface area contributed by atoms with E-state index in [-0.39, 0.29) is 25.5 Å². The van der Waals surface area contributed by atoms with Crippen LogP contribution in [-0.2, 0) is 25.6 Å². The molecule has 152 valence electrons. The summed E-state index contributed by atoms with van der Waals surface area (Å²) in [7, 11) is -7.47. The van der Waals surface area contributed by atoms with Crippen molar-refractivity contribution in [1.29, 1.82) is 0 Å². The highest BCUT2D eigenvalue weighted by atomic mass is 35.5. The molecule has 2 aromatic rings. The third-order valence-electron chi connectivity index (χ3n) is 4.75. The van der Waals surface area contributed by atoms with Gasteiger partial charge in [-0.05, 0) is 43.0 Å². The molecule has 0 unspecified atom stereocenters. The molecule has 1 saturated heterocycles. The van der Waals surface area contributed by atoms with Crippen molar-refractivity contribution in [3.05, 3.63) is 52.3 Å². The van der Waals surface area contributed by atoms with Crippen LogP contribution < -0.4 is 0 Å². The van der Waals surface area contributed by atoms with Crippen molar-refractivity contribution < 1.29 is 16.8 Å². The predicted octanol–water partition coefficient (Wildman–Crippen LogP) is 3.78. The summed E-state index contributed by atoms with van der Waals surface area (Å²) in [6.07, 6.45) is 2.84. The highest BCUT2D eigenvalue weighted by molar-refractivity contribution is 7.91. The molecule has 0 N–H and O–H groups in total. The van der Waals surface area contributed by atoms with Gasteiger partial charge in [0.15, 0.2) is 9.84 Å². The lowest BCUT2D eigenvalue weighted by molar-refractivity contribution is 0.288. The number of halogens is 2. The summed E-state index contributed by atoms with van der Waals surface area (Å²) in [5.74, 6) is 0.0756. The van der Waals surface area contributed by atoms with Crippen molar-refractivity contribution in [2.75, 3.05) is 13.1 Å². The second-order valence-corrected chi connectivity index (χ2v) is 11.6. The molecule has 2 heterocycles. The van der Waals surface area contributed by atoms with Crippen molar-refractivity contribution in [2.45, 2.75) is 35.3 Å². The Kier molecular flexibility index (Phi) is 6.36. The summed E-state index contributed by atoms with van der Waals surface area (Å²) in [4.78, 5) is 3.95. The highest BCUT2D eigenvalue weighted by Crippen LogP contribution is 2.31. The first-order valence-electron chi connectivity index (χ1n) is 8.73. The van der Waals surface area contributed by atoms with E-state index in [1.807, 2.05) is 0 Å². The zero-order valence-electron chi connectivity index (χ0n) is 15.2. The maximum absolute atomic E-state index is 12.7. The molecular weight excluding hydrogens is 443 g/mol. The first kappa shape index (κ1) is 21.5. The number of nitrogens with zero attached hydrogens (tertiary/aromatic N) is 2. The van der Waals surface area contributed by atoms with Gasteiger partial charge in [-0.1, -0.05) is 36.2 Å². The molecule has 0 radical (unpaired) electrons. The largest absolute Gasteiger partial charge is 0.259 e. The van der Waals surface area contributed by atoms with E-state index in [1.54, 1.807) is 6.07 Å². The van der Waals surface area contributed by atoms with Gasteiger partial charge in [0.05, 0.1) is 21.5 Å². The Labute approximate surface area is 175 Å². The van der Waals surface area contributed by atoms with E-state index >= 15 is 0 Å². The van der Waals surface area contributed by atoms with E-state index in [0.29, 0.717) is 19.0 Å². The van der Waals surface area contributed by atoms with Crippen LogP contribution in [-0.4, -0.2) is 39.2 Å². The molecule has 0 bridgehead atoms. The lowest BCUT2D eigenvalue weighted by Crippen LogP contribution is -2.37. The van der Waals surface area contributed by atoms with Crippen molar-refractivity contribution in [3.8, 4) is 0 Å². The SMILES string of the molecule is CC1CCN(S(=O)(=O)c2ccc(CS(=O)(=O)c3c(Cl)cccc3Cl)nc2)CC1. The summed E-state index contributed by atoms with van der Waals surface area (Å²) in [6, 6.07) is 7.25. The third-order valence-corrected chi connectivity index (χ3v) is 9.22. The van der Waals surface area contributed by atoms with Gasteiger partial charge in [-0.2, -0.15) is 4.31 Å². The number of benzene rings is 1. The van der Waals surface area contributed by atoms with E-state index in [2.05, 4.69) is 11.9 Å². The molecule has 1 aromatic carbocycles. The zero-order chi connectivity index (χ0) is 20.5. The Hall–Kier alpha value is -1.19. The zero-order valence-corrected chi connectivity index (χ0v) is 18.3. The molecule has 1 aliphatic rings. The number of aromatic nitrogens is 1. The monoisotopic (exact) mass is 462 g/mol. The van der Waals surface area contributed by atoms with Crippen molar-refractivity contribution in [2.24, 2.45) is 5.92 Å². The number of piperidine rings is 1. The maximum atomic E-state index is 12.7. The molecule has 1 fully saturated rings. The van der Waals surface area contributed by atoms with Crippen molar-refractivity contribution in [3.63, 3.8) is 0 Å². The first-order chi connectivity index (χ1) is 13.1. The van der Waals surface area contributed by atoms with Crippen LogP contribution in [0.1, 0.15) is 25.5 Å². The second-order valence-electron chi connectivity index (χ2n) is 6.88. The van der Waals surface area contributed by atoms with Gasteiger partial charge < -0.3 is 0 Å². The average Bonchev–Trinajstić information content (AvgIpc) is 2.62. The number of hydrogen-bond donors (Lipinski definition) is 0. The molecule has 0 amide bonds. The van der Waals surface area contributed by atoms with Gasteiger partial charge in [0.2, 0.25) is 10.0 Å². The van der Waals surface area contributed by atoms with Crippen LogP contribution in [0.5, 0.6) is 0 Å². The first-order valence-corrected chi connectivity index (χ1v) is 12.6. The Morgan fingerprint density at radius 1 is 1.04 bits per heavy atom. The lowest BCUT2D eigenvalue weighted by Gasteiger charge is -2.29. The fraction of sp³-hybridized carbons (Fsp3) is 0.389. The minimum atomic E-state index is -3.84. The Bertz CT molecular complexity index is 1040. The van der Waals surface area contributed by atoms with Crippen LogP contribution in [0, 0.1) is 5.92 Å². The number of hydrogen-bond acceptors (Lipinski definition) is 5. The molecule has 0 saturated carbocycles. The molecule has 1 aromatic heterocycles. The van der Waals surface area contributed by atoms with Crippen LogP contribution in [0.3, 0.4) is 0 Å². The van der Waals surface area contributed by atoms with Gasteiger partial charge in [-0.25, -0.2) is 16.8 Å². The van der Waals surface area contributed by atoms with Crippen LogP contribution >= 0.6 is 23.2 Å². The second kappa shape index (κ2) is 8.28. The van der Waals surface area contributed by atoms with Crippen LogP contribution in [0.15, 0.2) is 46.3 Å². The minimum Gasteiger partial charge on any atom is -0.259 e. The summed E-state index contributed by atoms with van der Waals surface area (Å²) in [6.45, 7) is 3.06. The fourth-order valence-corrected chi connectivity index (χ4v) is 7.02. The van der Waals surface area contributed by atoms with Gasteiger partial charge in [0.1, 0.15) is 9.79 Å². The van der Waals surface area contributed by atoms with Gasteiger partial charge >= 0.3 is 0 Å². The highest BCUT2D eigenvalue weighted by Gasteiger charge is 2.29. The minimum absolute atomic E-state index is 0.0334. The fourth-order valence-electron chi connectivity index (χ4n) is 3.07. The topological polar surface area (TPSA) is 84.4 Å². The molecular formula is C18H20Cl2N2O4S2. The smallest absolute Gasteiger partial charge is 0.244 e. The molecule has 0 atom stereocenters. The summed E-state index contributed by atoms with van der Waals surface area (Å²) in [5, 5.41) is 0.0667. The number of rotatable bonds is 5. The van der Waals surface area contributed by atoms with E-state index < -0.39 is 25.6 Å². The van der Waals surface area contributed by atoms with Crippen LogP contribution in [0.2, 0.25) is 10.0 Å². The molecule has 0 spiro atoms. The van der Waals surface area contributed by atoms with Crippen LogP contribution in [0.4, 0.5) is 0 Å². The molecule has 3 rings (SSSR count). The molecule has 6 nitrogen and oxygen atoms in total. The number of pyridine rings is 1. The molecule has 28 heavy (non-hydrogen) atoms. The van der Waals surface area contributed by atoms with Gasteiger partial charge in [-0.15, -0.1) is 0 Å². The third kappa shape index (κ3) is 4.52. The average molecular weight is 463 g/mol. The number of sulfonamides is 1. The molecule has 10 heteroatoms. The van der Waals surface area contributed by atoms with E-state index in [1.165, 1.54) is 34.8 Å². The lowest BCUT2D eigenvalue weighted by atomic mass is 10.0. The summed E-state index contributed by atoms with van der Waals surface area (Å²) < 4.78 is 52.3.